The van der Waals surface area contributed by atoms with E-state index < -0.39 is 5.91 Å². The third-order valence-electron chi connectivity index (χ3n) is 3.81. The van der Waals surface area contributed by atoms with Gasteiger partial charge in [0.2, 0.25) is 0 Å². The molecule has 2 heterocycles. The van der Waals surface area contributed by atoms with Crippen LogP contribution < -0.4 is 5.32 Å². The van der Waals surface area contributed by atoms with E-state index in [9.17, 15) is 9.59 Å². The van der Waals surface area contributed by atoms with Crippen molar-refractivity contribution in [1.29, 1.82) is 0 Å². The average molecular weight is 352 g/mol. The molecule has 0 bridgehead atoms. The Bertz CT molecular complexity index is 561. The number of nitrogens with zero attached hydrogens (tertiary/aromatic N) is 1. The van der Waals surface area contributed by atoms with Crippen LogP contribution in [0.25, 0.3) is 0 Å². The van der Waals surface area contributed by atoms with E-state index in [1.807, 2.05) is 0 Å². The van der Waals surface area contributed by atoms with Gasteiger partial charge >= 0.3 is 0 Å². The summed E-state index contributed by atoms with van der Waals surface area (Å²) in [4.78, 5) is 25.6. The van der Waals surface area contributed by atoms with Crippen molar-refractivity contribution in [1.82, 2.24) is 10.2 Å². The highest BCUT2D eigenvalue weighted by atomic mass is 32.1. The van der Waals surface area contributed by atoms with Gasteiger partial charge in [0.1, 0.15) is 5.57 Å². The van der Waals surface area contributed by atoms with E-state index >= 15 is 0 Å². The van der Waals surface area contributed by atoms with E-state index in [0.717, 1.165) is 12.8 Å². The Morgan fingerprint density at radius 3 is 2.67 bits per heavy atom. The zero-order chi connectivity index (χ0) is 17.7. The molecule has 0 aromatic carbocycles. The van der Waals surface area contributed by atoms with Crippen LogP contribution in [-0.2, 0) is 19.1 Å². The molecule has 2 aliphatic heterocycles. The zero-order valence-corrected chi connectivity index (χ0v) is 15.0. The van der Waals surface area contributed by atoms with Crippen molar-refractivity contribution in [2.75, 3.05) is 19.8 Å². The van der Waals surface area contributed by atoms with E-state index in [1.54, 1.807) is 12.2 Å². The second kappa shape index (κ2) is 8.00. The number of amides is 2. The molecular formula is C17H24N2O4S. The van der Waals surface area contributed by atoms with Gasteiger partial charge < -0.3 is 9.47 Å². The second-order valence-corrected chi connectivity index (χ2v) is 7.11. The van der Waals surface area contributed by atoms with Gasteiger partial charge in [0.05, 0.1) is 13.2 Å². The number of hydrogen-bond acceptors (Lipinski definition) is 5. The van der Waals surface area contributed by atoms with Crippen LogP contribution in [0.2, 0.25) is 0 Å². The molecule has 0 aromatic heterocycles. The molecule has 2 rings (SSSR count). The van der Waals surface area contributed by atoms with E-state index in [1.165, 1.54) is 4.90 Å². The number of rotatable bonds is 6. The lowest BCUT2D eigenvalue weighted by Gasteiger charge is -2.34. The first-order valence-electron chi connectivity index (χ1n) is 8.05. The first-order valence-corrected chi connectivity index (χ1v) is 8.46. The predicted molar refractivity (Wildman–Crippen MR) is 94.1 cm³/mol. The van der Waals surface area contributed by atoms with Crippen LogP contribution in [0.3, 0.4) is 0 Å². The van der Waals surface area contributed by atoms with Crippen molar-refractivity contribution in [3.63, 3.8) is 0 Å². The van der Waals surface area contributed by atoms with E-state index in [0.29, 0.717) is 19.6 Å². The molecule has 0 unspecified atom stereocenters. The van der Waals surface area contributed by atoms with E-state index in [2.05, 4.69) is 25.7 Å². The fraction of sp³-hybridized carbons (Fsp3) is 0.588. The first kappa shape index (κ1) is 18.8. The SMILES string of the molecule is C=CCN1C(=O)/C(=C/CCCC2OCC(C)(C)CO2)C(=O)NC1=S. The minimum Gasteiger partial charge on any atom is -0.352 e. The van der Waals surface area contributed by atoms with Crippen LogP contribution in [-0.4, -0.2) is 47.9 Å². The second-order valence-electron chi connectivity index (χ2n) is 6.73. The maximum Gasteiger partial charge on any atom is 0.265 e. The Morgan fingerprint density at radius 2 is 2.04 bits per heavy atom. The smallest absolute Gasteiger partial charge is 0.265 e. The van der Waals surface area contributed by atoms with Gasteiger partial charge in [-0.2, -0.15) is 0 Å². The average Bonchev–Trinajstić information content (AvgIpc) is 2.52. The molecule has 2 aliphatic rings. The van der Waals surface area contributed by atoms with Crippen molar-refractivity contribution in [2.45, 2.75) is 39.4 Å². The van der Waals surface area contributed by atoms with Crippen molar-refractivity contribution >= 4 is 29.1 Å². The lowest BCUT2D eigenvalue weighted by Crippen LogP contribution is -2.53. The first-order chi connectivity index (χ1) is 11.3. The summed E-state index contributed by atoms with van der Waals surface area (Å²) < 4.78 is 11.3. The fourth-order valence-electron chi connectivity index (χ4n) is 2.47. The summed E-state index contributed by atoms with van der Waals surface area (Å²) in [5, 5.41) is 2.65. The molecule has 1 N–H and O–H groups in total. The fourth-order valence-corrected chi connectivity index (χ4v) is 2.72. The minimum absolute atomic E-state index is 0.0537. The van der Waals surface area contributed by atoms with Crippen LogP contribution in [0, 0.1) is 5.41 Å². The molecule has 2 amide bonds. The third kappa shape index (κ3) is 4.72. The van der Waals surface area contributed by atoms with Gasteiger partial charge in [0.15, 0.2) is 11.4 Å². The zero-order valence-electron chi connectivity index (χ0n) is 14.2. The van der Waals surface area contributed by atoms with Crippen molar-refractivity contribution in [3.8, 4) is 0 Å². The van der Waals surface area contributed by atoms with Crippen LogP contribution in [0.1, 0.15) is 33.1 Å². The lowest BCUT2D eigenvalue weighted by molar-refractivity contribution is -0.223. The van der Waals surface area contributed by atoms with Crippen LogP contribution in [0.5, 0.6) is 0 Å². The standard InChI is InChI=1S/C17H24N2O4S/c1-4-9-19-15(21)12(14(20)18-16(19)24)7-5-6-8-13-22-10-17(2,3)11-23-13/h4,7,13H,1,5-6,8-11H2,2-3H3,(H,18,20,24)/b12-7+. The number of carbonyl (C=O) groups excluding carboxylic acids is 2. The molecule has 0 spiro atoms. The number of hydrogen-bond donors (Lipinski definition) is 1. The molecule has 0 aromatic rings. The summed E-state index contributed by atoms with van der Waals surface area (Å²) >= 11 is 5.00. The number of nitrogens with one attached hydrogen (secondary N) is 1. The van der Waals surface area contributed by atoms with Gasteiger partial charge in [-0.15, -0.1) is 6.58 Å². The molecule has 0 saturated carbocycles. The van der Waals surface area contributed by atoms with Crippen LogP contribution >= 0.6 is 12.2 Å². The minimum atomic E-state index is -0.447. The highest BCUT2D eigenvalue weighted by Gasteiger charge is 2.32. The normalized spacial score (nSPS) is 23.5. The summed E-state index contributed by atoms with van der Waals surface area (Å²) in [6.07, 6.45) is 5.10. The number of unbranched alkanes of at least 4 members (excludes halogenated alkanes) is 1. The molecule has 0 radical (unpaired) electrons. The maximum atomic E-state index is 12.3. The van der Waals surface area contributed by atoms with E-state index in [4.69, 9.17) is 21.7 Å². The summed E-state index contributed by atoms with van der Waals surface area (Å²) in [6, 6.07) is 0. The van der Waals surface area contributed by atoms with Crippen molar-refractivity contribution in [3.05, 3.63) is 24.3 Å². The highest BCUT2D eigenvalue weighted by Crippen LogP contribution is 2.25. The molecular weight excluding hydrogens is 328 g/mol. The third-order valence-corrected chi connectivity index (χ3v) is 4.13. The Morgan fingerprint density at radius 1 is 1.38 bits per heavy atom. The molecule has 132 valence electrons. The van der Waals surface area contributed by atoms with Gasteiger partial charge in [0, 0.05) is 12.0 Å². The topological polar surface area (TPSA) is 67.9 Å². The monoisotopic (exact) mass is 352 g/mol. The molecule has 0 atom stereocenters. The Hall–Kier alpha value is -1.57. The van der Waals surface area contributed by atoms with Gasteiger partial charge in [-0.25, -0.2) is 0 Å². The van der Waals surface area contributed by atoms with Gasteiger partial charge in [-0.05, 0) is 31.5 Å². The summed E-state index contributed by atoms with van der Waals surface area (Å²) in [5.74, 6) is -0.826. The largest absolute Gasteiger partial charge is 0.352 e. The molecule has 7 heteroatoms. The number of allylic oxidation sites excluding steroid dienone is 1. The molecule has 0 aliphatic carbocycles. The predicted octanol–water partition coefficient (Wildman–Crippen LogP) is 1.91. The highest BCUT2D eigenvalue weighted by molar-refractivity contribution is 7.80. The van der Waals surface area contributed by atoms with Crippen molar-refractivity contribution in [2.24, 2.45) is 5.41 Å². The van der Waals surface area contributed by atoms with Crippen LogP contribution in [0.4, 0.5) is 0 Å². The van der Waals surface area contributed by atoms with E-state index in [-0.39, 0.29) is 34.8 Å². The molecule has 2 saturated heterocycles. The van der Waals surface area contributed by atoms with Crippen molar-refractivity contribution < 1.29 is 19.1 Å². The summed E-state index contributed by atoms with van der Waals surface area (Å²) in [6.45, 7) is 9.41. The number of carbonyl (C=O) groups is 2. The Kier molecular flexibility index (Phi) is 6.26. The Balaban J connectivity index is 1.84. The Labute approximate surface area is 147 Å². The molecule has 24 heavy (non-hydrogen) atoms. The number of thiocarbonyl (C=S) groups is 1. The summed E-state index contributed by atoms with van der Waals surface area (Å²) in [7, 11) is 0. The molecule has 6 nitrogen and oxygen atoms in total. The molecule has 2 fully saturated rings. The summed E-state index contributed by atoms with van der Waals surface area (Å²) in [5.41, 5.74) is 0.176. The van der Waals surface area contributed by atoms with Gasteiger partial charge in [-0.3, -0.25) is 19.8 Å². The van der Waals surface area contributed by atoms with Gasteiger partial charge in [0.25, 0.3) is 11.8 Å². The quantitative estimate of drug-likeness (QED) is 0.260. The maximum absolute atomic E-state index is 12.3. The van der Waals surface area contributed by atoms with Gasteiger partial charge in [-0.1, -0.05) is 26.0 Å². The lowest BCUT2D eigenvalue weighted by atomic mass is 9.95. The van der Waals surface area contributed by atoms with Crippen LogP contribution in [0.15, 0.2) is 24.3 Å². The number of ether oxygens (including phenoxy) is 2.